The maximum Gasteiger partial charge on any atom is 0.0639 e. The molecule has 80 valence electrons. The van der Waals surface area contributed by atoms with Crippen LogP contribution in [0.2, 0.25) is 0 Å². The van der Waals surface area contributed by atoms with Gasteiger partial charge in [-0.3, -0.25) is 0 Å². The summed E-state index contributed by atoms with van der Waals surface area (Å²) in [6, 6.07) is 0. The fraction of sp³-hybridized carbons (Fsp3) is 1.00. The molecule has 0 radical (unpaired) electrons. The zero-order valence-electron chi connectivity index (χ0n) is 9.35. The highest BCUT2D eigenvalue weighted by Gasteiger charge is 2.15. The summed E-state index contributed by atoms with van der Waals surface area (Å²) in [5, 5.41) is 3.48. The SMILES string of the molecule is COCC(C)(C)NCCCCSC. The quantitative estimate of drug-likeness (QED) is 0.614. The van der Waals surface area contributed by atoms with Gasteiger partial charge in [0.1, 0.15) is 0 Å². The van der Waals surface area contributed by atoms with Crippen molar-refractivity contribution < 1.29 is 4.74 Å². The lowest BCUT2D eigenvalue weighted by Crippen LogP contribution is -2.43. The highest BCUT2D eigenvalue weighted by atomic mass is 32.2. The minimum Gasteiger partial charge on any atom is -0.383 e. The number of methoxy groups -OCH3 is 1. The number of ether oxygens (including phenoxy) is 1. The molecule has 0 amide bonds. The summed E-state index contributed by atoms with van der Waals surface area (Å²) < 4.78 is 5.12. The number of nitrogens with one attached hydrogen (secondary N) is 1. The van der Waals surface area contributed by atoms with Crippen LogP contribution < -0.4 is 5.32 Å². The Bertz CT molecular complexity index is 117. The van der Waals surface area contributed by atoms with Crippen LogP contribution in [-0.4, -0.2) is 37.8 Å². The standard InChI is InChI=1S/C10H23NOS/c1-10(2,9-12-3)11-7-5-6-8-13-4/h11H,5-9H2,1-4H3. The van der Waals surface area contributed by atoms with Gasteiger partial charge < -0.3 is 10.1 Å². The van der Waals surface area contributed by atoms with Crippen molar-refractivity contribution in [3.63, 3.8) is 0 Å². The van der Waals surface area contributed by atoms with E-state index in [0.717, 1.165) is 13.2 Å². The third kappa shape index (κ3) is 8.60. The number of hydrogen-bond acceptors (Lipinski definition) is 3. The highest BCUT2D eigenvalue weighted by Crippen LogP contribution is 2.03. The molecule has 0 saturated heterocycles. The average molecular weight is 205 g/mol. The first-order valence-electron chi connectivity index (χ1n) is 4.85. The largest absolute Gasteiger partial charge is 0.383 e. The van der Waals surface area contributed by atoms with Gasteiger partial charge in [-0.15, -0.1) is 0 Å². The second-order valence-electron chi connectivity index (χ2n) is 3.94. The Morgan fingerprint density at radius 1 is 1.31 bits per heavy atom. The van der Waals surface area contributed by atoms with E-state index in [1.165, 1.54) is 18.6 Å². The Morgan fingerprint density at radius 2 is 2.00 bits per heavy atom. The Balaban J connectivity index is 3.29. The smallest absolute Gasteiger partial charge is 0.0639 e. The lowest BCUT2D eigenvalue weighted by atomic mass is 10.1. The molecule has 0 aromatic rings. The first-order valence-corrected chi connectivity index (χ1v) is 6.24. The molecule has 0 aromatic heterocycles. The summed E-state index contributed by atoms with van der Waals surface area (Å²) in [5.41, 5.74) is 0.119. The van der Waals surface area contributed by atoms with Crippen LogP contribution in [-0.2, 0) is 4.74 Å². The molecule has 3 heteroatoms. The van der Waals surface area contributed by atoms with E-state index in [0.29, 0.717) is 0 Å². The monoisotopic (exact) mass is 205 g/mol. The van der Waals surface area contributed by atoms with Crippen molar-refractivity contribution in [3.8, 4) is 0 Å². The molecular formula is C10H23NOS. The van der Waals surface area contributed by atoms with E-state index >= 15 is 0 Å². The van der Waals surface area contributed by atoms with Gasteiger partial charge >= 0.3 is 0 Å². The van der Waals surface area contributed by atoms with Crippen molar-refractivity contribution in [2.45, 2.75) is 32.2 Å². The number of thioether (sulfide) groups is 1. The molecule has 13 heavy (non-hydrogen) atoms. The van der Waals surface area contributed by atoms with Crippen molar-refractivity contribution >= 4 is 11.8 Å². The summed E-state index contributed by atoms with van der Waals surface area (Å²) in [7, 11) is 1.75. The van der Waals surface area contributed by atoms with Crippen LogP contribution in [0, 0.1) is 0 Å². The number of hydrogen-bond donors (Lipinski definition) is 1. The average Bonchev–Trinajstić information content (AvgIpc) is 2.04. The lowest BCUT2D eigenvalue weighted by molar-refractivity contribution is 0.128. The van der Waals surface area contributed by atoms with Crippen molar-refractivity contribution in [2.75, 3.05) is 32.3 Å². The molecule has 0 rings (SSSR count). The van der Waals surface area contributed by atoms with Crippen LogP contribution >= 0.6 is 11.8 Å². The molecule has 2 nitrogen and oxygen atoms in total. The molecule has 0 bridgehead atoms. The zero-order valence-corrected chi connectivity index (χ0v) is 10.2. The molecule has 0 spiro atoms. The van der Waals surface area contributed by atoms with Crippen molar-refractivity contribution in [3.05, 3.63) is 0 Å². The molecule has 0 aliphatic carbocycles. The van der Waals surface area contributed by atoms with Crippen molar-refractivity contribution in [2.24, 2.45) is 0 Å². The summed E-state index contributed by atoms with van der Waals surface area (Å²) in [6.45, 7) is 6.21. The molecule has 1 N–H and O–H groups in total. The third-order valence-corrected chi connectivity index (χ3v) is 2.58. The van der Waals surface area contributed by atoms with Gasteiger partial charge in [0.05, 0.1) is 6.61 Å². The lowest BCUT2D eigenvalue weighted by Gasteiger charge is -2.25. The van der Waals surface area contributed by atoms with E-state index in [2.05, 4.69) is 25.4 Å². The van der Waals surface area contributed by atoms with E-state index < -0.39 is 0 Å². The Hall–Kier alpha value is 0.270. The van der Waals surface area contributed by atoms with E-state index in [1.807, 2.05) is 11.8 Å². The van der Waals surface area contributed by atoms with Crippen LogP contribution in [0.4, 0.5) is 0 Å². The van der Waals surface area contributed by atoms with Gasteiger partial charge in [0.15, 0.2) is 0 Å². The molecule has 0 aromatic carbocycles. The van der Waals surface area contributed by atoms with Crippen LogP contribution in [0.3, 0.4) is 0 Å². The topological polar surface area (TPSA) is 21.3 Å². The van der Waals surface area contributed by atoms with E-state index in [1.54, 1.807) is 7.11 Å². The van der Waals surface area contributed by atoms with Crippen molar-refractivity contribution in [1.29, 1.82) is 0 Å². The molecule has 0 aliphatic rings. The Labute approximate surface area is 86.8 Å². The van der Waals surface area contributed by atoms with Gasteiger partial charge in [0.2, 0.25) is 0 Å². The summed E-state index contributed by atoms with van der Waals surface area (Å²) in [5.74, 6) is 1.27. The van der Waals surface area contributed by atoms with Gasteiger partial charge in [-0.05, 0) is 45.2 Å². The van der Waals surface area contributed by atoms with Crippen LogP contribution in [0.15, 0.2) is 0 Å². The molecule has 0 unspecified atom stereocenters. The summed E-state index contributed by atoms with van der Waals surface area (Å²) in [6.07, 6.45) is 4.72. The number of rotatable bonds is 8. The molecule has 0 aliphatic heterocycles. The third-order valence-electron chi connectivity index (χ3n) is 1.88. The fourth-order valence-corrected chi connectivity index (χ4v) is 1.70. The minimum absolute atomic E-state index is 0.119. The van der Waals surface area contributed by atoms with Crippen LogP contribution in [0.5, 0.6) is 0 Å². The predicted molar refractivity (Wildman–Crippen MR) is 61.6 cm³/mol. The first kappa shape index (κ1) is 13.3. The normalized spacial score (nSPS) is 12.0. The van der Waals surface area contributed by atoms with E-state index in [9.17, 15) is 0 Å². The Morgan fingerprint density at radius 3 is 2.54 bits per heavy atom. The van der Waals surface area contributed by atoms with Crippen molar-refractivity contribution in [1.82, 2.24) is 5.32 Å². The summed E-state index contributed by atoms with van der Waals surface area (Å²) in [4.78, 5) is 0. The maximum atomic E-state index is 5.12. The second-order valence-corrected chi connectivity index (χ2v) is 4.93. The molecule has 0 heterocycles. The highest BCUT2D eigenvalue weighted by molar-refractivity contribution is 7.98. The van der Waals surface area contributed by atoms with Gasteiger partial charge in [0.25, 0.3) is 0 Å². The predicted octanol–water partition coefficient (Wildman–Crippen LogP) is 2.14. The summed E-state index contributed by atoms with van der Waals surface area (Å²) >= 11 is 1.92. The first-order chi connectivity index (χ1) is 6.12. The minimum atomic E-state index is 0.119. The molecule has 0 saturated carbocycles. The Kier molecular flexibility index (Phi) is 7.81. The van der Waals surface area contributed by atoms with Crippen LogP contribution in [0.1, 0.15) is 26.7 Å². The molecular weight excluding hydrogens is 182 g/mol. The zero-order chi connectivity index (χ0) is 10.2. The van der Waals surface area contributed by atoms with Gasteiger partial charge in [-0.25, -0.2) is 0 Å². The van der Waals surface area contributed by atoms with E-state index in [-0.39, 0.29) is 5.54 Å². The van der Waals surface area contributed by atoms with Gasteiger partial charge in [0, 0.05) is 12.6 Å². The molecule has 0 atom stereocenters. The second kappa shape index (κ2) is 7.65. The van der Waals surface area contributed by atoms with Gasteiger partial charge in [-0.2, -0.15) is 11.8 Å². The fourth-order valence-electron chi connectivity index (χ4n) is 1.21. The maximum absolute atomic E-state index is 5.12. The van der Waals surface area contributed by atoms with Crippen LogP contribution in [0.25, 0.3) is 0 Å². The molecule has 0 fully saturated rings. The number of unbranched alkanes of at least 4 members (excludes halogenated alkanes) is 1. The van der Waals surface area contributed by atoms with E-state index in [4.69, 9.17) is 4.74 Å². The van der Waals surface area contributed by atoms with Gasteiger partial charge in [-0.1, -0.05) is 0 Å².